The van der Waals surface area contributed by atoms with Crippen LogP contribution >= 0.6 is 11.6 Å². The summed E-state index contributed by atoms with van der Waals surface area (Å²) in [6.07, 6.45) is 0. The number of anilines is 2. The van der Waals surface area contributed by atoms with E-state index in [9.17, 15) is 61.1 Å². The lowest BCUT2D eigenvalue weighted by molar-refractivity contribution is 0.102. The van der Waals surface area contributed by atoms with Gasteiger partial charge < -0.3 is 16.2 Å². The Morgan fingerprint density at radius 1 is 0.685 bits per heavy atom. The molecule has 0 aliphatic heterocycles. The molecule has 290 valence electrons. The Morgan fingerprint density at radius 3 is 1.78 bits per heavy atom. The van der Waals surface area contributed by atoms with Crippen molar-refractivity contribution in [1.29, 1.82) is 0 Å². The summed E-state index contributed by atoms with van der Waals surface area (Å²) in [4.78, 5) is 10.3. The molecule has 0 saturated heterocycles. The minimum Gasteiger partial charge on any atom is -0.507 e. The van der Waals surface area contributed by atoms with Crippen molar-refractivity contribution in [1.82, 2.24) is 0 Å². The molecular weight excluding hydrogens is 840 g/mol. The second-order valence-corrected chi connectivity index (χ2v) is 19.3. The summed E-state index contributed by atoms with van der Waals surface area (Å²) in [6.45, 7) is 0. The van der Waals surface area contributed by atoms with E-state index >= 15 is 0 Å². The molecule has 0 unspecified atom stereocenters. The maximum atomic E-state index is 12.8. The topological polar surface area (TPSA) is 327 Å². The summed E-state index contributed by atoms with van der Waals surface area (Å²) >= 11 is 5.47. The molecule has 0 spiro atoms. The van der Waals surface area contributed by atoms with Gasteiger partial charge in [-0.05, 0) is 53.4 Å². The van der Waals surface area contributed by atoms with Crippen LogP contribution in [-0.4, -0.2) is 82.9 Å². The Kier molecular flexibility index (Phi) is 12.0. The van der Waals surface area contributed by atoms with E-state index < -0.39 is 81.5 Å². The molecule has 1 amide bonds. The number of alkyl halides is 1. The van der Waals surface area contributed by atoms with Gasteiger partial charge in [-0.3, -0.25) is 23.0 Å². The largest absolute Gasteiger partial charge is 0.507 e. The molecule has 8 N–H and O–H groups in total. The van der Waals surface area contributed by atoms with Gasteiger partial charge in [-0.15, -0.1) is 11.6 Å². The summed E-state index contributed by atoms with van der Waals surface area (Å²) in [6, 6.07) is 14.7. The van der Waals surface area contributed by atoms with Gasteiger partial charge in [0.2, 0.25) is 0 Å². The number of halogens is 1. The van der Waals surface area contributed by atoms with E-state index in [0.717, 1.165) is 30.3 Å². The number of phenolic OH excluding ortho intramolecular Hbond substituents is 1. The van der Waals surface area contributed by atoms with Crippen LogP contribution in [0.5, 0.6) is 5.75 Å². The summed E-state index contributed by atoms with van der Waals surface area (Å²) in [5.74, 6) is -2.04. The molecule has 5 aromatic carbocycles. The van der Waals surface area contributed by atoms with Crippen molar-refractivity contribution >= 4 is 101 Å². The summed E-state index contributed by atoms with van der Waals surface area (Å²) < 4.78 is 152. The lowest BCUT2D eigenvalue weighted by atomic mass is 10.1. The highest BCUT2D eigenvalue weighted by atomic mass is 35.5. The highest BCUT2D eigenvalue weighted by Crippen LogP contribution is 2.37. The zero-order chi connectivity index (χ0) is 40.6. The van der Waals surface area contributed by atoms with Crippen molar-refractivity contribution < 1.29 is 70.2 Å². The number of aromatic hydroxyl groups is 1. The second kappa shape index (κ2) is 15.4. The van der Waals surface area contributed by atoms with E-state index in [1.54, 1.807) is 0 Å². The van der Waals surface area contributed by atoms with Crippen LogP contribution in [0.1, 0.15) is 15.9 Å². The first-order chi connectivity index (χ1) is 24.7. The molecule has 0 aromatic heterocycles. The maximum Gasteiger partial charge on any atom is 0.297 e. The molecule has 0 saturated carbocycles. The smallest absolute Gasteiger partial charge is 0.297 e. The summed E-state index contributed by atoms with van der Waals surface area (Å²) in [7, 11) is -22.2. The number of rotatable bonds is 10. The molecule has 0 aliphatic rings. The third-order valence-electron chi connectivity index (χ3n) is 7.35. The first-order valence-electron chi connectivity index (χ1n) is 14.4. The molecule has 18 nitrogen and oxygen atoms in total. The molecule has 0 atom stereocenters. The van der Waals surface area contributed by atoms with Crippen molar-refractivity contribution in [2.24, 2.45) is 0 Å². The lowest BCUT2D eigenvalue weighted by Gasteiger charge is -2.13. The van der Waals surface area contributed by atoms with Gasteiger partial charge in [-0.25, -0.2) is 8.42 Å². The molecule has 5 rings (SSSR count). The van der Waals surface area contributed by atoms with Gasteiger partial charge in [0.15, 0.2) is 9.84 Å². The zero-order valence-corrected chi connectivity index (χ0v) is 31.7. The number of hydrogen-bond donors (Lipinski definition) is 7. The number of benzene rings is 5. The van der Waals surface area contributed by atoms with Crippen molar-refractivity contribution in [3.8, 4) is 5.75 Å². The van der Waals surface area contributed by atoms with Crippen molar-refractivity contribution in [2.75, 3.05) is 22.7 Å². The Labute approximate surface area is 313 Å². The number of fused-ring (bicyclic) bond motifs is 2. The van der Waals surface area contributed by atoms with Gasteiger partial charge >= 0.3 is 0 Å². The van der Waals surface area contributed by atoms with E-state index in [1.807, 2.05) is 0 Å². The second-order valence-electron chi connectivity index (χ2n) is 11.2. The molecule has 5 aromatic rings. The number of carbonyl (C=O) groups is 1. The molecule has 0 fully saturated rings. The normalized spacial score (nSPS) is 12.6. The molecule has 0 heterocycles. The minimum absolute atomic E-state index is 0.0444. The van der Waals surface area contributed by atoms with Gasteiger partial charge in [0.05, 0.1) is 32.7 Å². The van der Waals surface area contributed by atoms with Crippen LogP contribution in [0.15, 0.2) is 98.4 Å². The van der Waals surface area contributed by atoms with Crippen LogP contribution in [0, 0.1) is 0 Å². The first kappa shape index (κ1) is 42.3. The number of nitrogens with one attached hydrogen (secondary N) is 1. The van der Waals surface area contributed by atoms with Crippen molar-refractivity contribution in [2.45, 2.75) is 25.3 Å². The van der Waals surface area contributed by atoms with E-state index in [2.05, 4.69) is 5.32 Å². The van der Waals surface area contributed by atoms with E-state index in [1.165, 1.54) is 42.5 Å². The van der Waals surface area contributed by atoms with E-state index in [0.29, 0.717) is 11.6 Å². The van der Waals surface area contributed by atoms with Crippen molar-refractivity contribution in [3.05, 3.63) is 90.0 Å². The van der Waals surface area contributed by atoms with Crippen LogP contribution in [0.3, 0.4) is 0 Å². The van der Waals surface area contributed by atoms with E-state index in [-0.39, 0.29) is 55.9 Å². The number of phenols is 1. The number of nitrogens with two attached hydrogens (primary N) is 1. The fourth-order valence-electron chi connectivity index (χ4n) is 5.06. The van der Waals surface area contributed by atoms with Crippen LogP contribution in [-0.2, 0) is 56.1 Å². The summed E-state index contributed by atoms with van der Waals surface area (Å²) in [5, 5.41) is 12.2. The lowest BCUT2D eigenvalue weighted by Crippen LogP contribution is -2.14. The highest BCUT2D eigenvalue weighted by Gasteiger charge is 2.23. The minimum atomic E-state index is -4.82. The Bertz CT molecular complexity index is 2880. The van der Waals surface area contributed by atoms with Crippen LogP contribution in [0.2, 0.25) is 0 Å². The van der Waals surface area contributed by atoms with Crippen molar-refractivity contribution in [3.63, 3.8) is 0 Å². The molecule has 0 aliphatic carbocycles. The monoisotopic (exact) mass is 866 g/mol. The number of sulfone groups is 1. The standard InChI is InChI=1S/C20H18ClNO10S3.C10H9NO6S2/c21-5-6-33(25,26)11-12-1-3-13(4-2-12)20(24)22-17-9-15(34(27,28)29)7-14-8-16(35(30,31)32)10-18(23)19(14)17;11-8-5-4-6-7(10(8)19(15,16)17)2-1-3-9(6)18(12,13)14/h1-4,7-10,23H,5-6,11H2,(H,22,24)(H,27,28,29)(H,30,31,32);1-5H,11H2,(H,12,13,14)(H,15,16,17). The maximum absolute atomic E-state index is 12.8. The Morgan fingerprint density at radius 2 is 1.26 bits per heavy atom. The third kappa shape index (κ3) is 10.0. The molecule has 0 bridgehead atoms. The molecular formula is C30H27ClN2O16S5. The fraction of sp³-hybridized carbons (Fsp3) is 0.100. The van der Waals surface area contributed by atoms with E-state index in [4.69, 9.17) is 26.4 Å². The Hall–Kier alpha value is -4.43. The number of nitrogen functional groups attached to an aromatic ring is 1. The molecule has 0 radical (unpaired) electrons. The predicted molar refractivity (Wildman–Crippen MR) is 196 cm³/mol. The number of carbonyl (C=O) groups excluding carboxylic acids is 1. The Balaban J connectivity index is 0.000000287. The fourth-order valence-corrected chi connectivity index (χ4v) is 9.45. The van der Waals surface area contributed by atoms with Gasteiger partial charge in [0.25, 0.3) is 46.4 Å². The average molecular weight is 867 g/mol. The van der Waals surface area contributed by atoms with Crippen LogP contribution in [0.25, 0.3) is 21.5 Å². The van der Waals surface area contributed by atoms with Gasteiger partial charge in [0, 0.05) is 33.7 Å². The SMILES string of the molecule is Nc1ccc2c(S(=O)(=O)O)cccc2c1S(=O)(=O)O.O=C(Nc1cc(S(=O)(=O)O)cc2cc(S(=O)(=O)O)cc(O)c12)c1ccc(CS(=O)(=O)CCCl)cc1. The quantitative estimate of drug-likeness (QED) is 0.0601. The molecule has 24 heteroatoms. The zero-order valence-electron chi connectivity index (χ0n) is 26.9. The van der Waals surface area contributed by atoms with Gasteiger partial charge in [-0.2, -0.15) is 33.7 Å². The van der Waals surface area contributed by atoms with Gasteiger partial charge in [-0.1, -0.05) is 30.3 Å². The number of amides is 1. The molecule has 54 heavy (non-hydrogen) atoms. The highest BCUT2D eigenvalue weighted by molar-refractivity contribution is 7.90. The summed E-state index contributed by atoms with van der Waals surface area (Å²) in [5.41, 5.74) is 5.42. The third-order valence-corrected chi connectivity index (χ3v) is 12.9. The number of hydrogen-bond acceptors (Lipinski definition) is 13. The average Bonchev–Trinajstić information content (AvgIpc) is 3.02. The van der Waals surface area contributed by atoms with Crippen LogP contribution in [0.4, 0.5) is 11.4 Å². The first-order valence-corrected chi connectivity index (χ1v) is 22.5. The predicted octanol–water partition coefficient (Wildman–Crippen LogP) is 3.36. The van der Waals surface area contributed by atoms with Crippen LogP contribution < -0.4 is 11.1 Å². The van der Waals surface area contributed by atoms with Gasteiger partial charge in [0.1, 0.15) is 15.5 Å².